The summed E-state index contributed by atoms with van der Waals surface area (Å²) < 4.78 is 42.7. The van der Waals surface area contributed by atoms with Crippen molar-refractivity contribution >= 4 is 29.1 Å². The third-order valence-corrected chi connectivity index (χ3v) is 5.81. The molecular formula is C15H9F3N4OS2. The summed E-state index contributed by atoms with van der Waals surface area (Å²) in [5.41, 5.74) is -0.0761. The van der Waals surface area contributed by atoms with Crippen molar-refractivity contribution < 1.29 is 18.0 Å². The van der Waals surface area contributed by atoms with E-state index in [0.29, 0.717) is 16.6 Å². The van der Waals surface area contributed by atoms with E-state index in [2.05, 4.69) is 15.4 Å². The van der Waals surface area contributed by atoms with Crippen LogP contribution >= 0.6 is 23.1 Å². The van der Waals surface area contributed by atoms with Gasteiger partial charge in [-0.15, -0.1) is 16.4 Å². The molecule has 3 heterocycles. The van der Waals surface area contributed by atoms with Crippen molar-refractivity contribution in [3.8, 4) is 10.7 Å². The average molecular weight is 382 g/mol. The molecule has 3 aromatic rings. The smallest absolute Gasteiger partial charge is 0.309 e. The zero-order chi connectivity index (χ0) is 17.7. The number of thioether (sulfide) groups is 1. The molecule has 10 heteroatoms. The molecule has 0 radical (unpaired) electrons. The Kier molecular flexibility index (Phi) is 3.62. The first-order valence-electron chi connectivity index (χ1n) is 7.05. The van der Waals surface area contributed by atoms with Crippen molar-refractivity contribution in [2.45, 2.75) is 16.2 Å². The fourth-order valence-electron chi connectivity index (χ4n) is 2.47. The molecule has 1 aliphatic heterocycles. The summed E-state index contributed by atoms with van der Waals surface area (Å²) in [7, 11) is 0. The van der Waals surface area contributed by atoms with Gasteiger partial charge in [0, 0.05) is 0 Å². The van der Waals surface area contributed by atoms with E-state index in [9.17, 15) is 18.0 Å². The predicted molar refractivity (Wildman–Crippen MR) is 87.3 cm³/mol. The largest absolute Gasteiger partial charge is 0.425 e. The molecule has 25 heavy (non-hydrogen) atoms. The summed E-state index contributed by atoms with van der Waals surface area (Å²) in [4.78, 5) is 14.5. The van der Waals surface area contributed by atoms with Gasteiger partial charge < -0.3 is 5.32 Å². The van der Waals surface area contributed by atoms with Gasteiger partial charge >= 0.3 is 12.2 Å². The maximum Gasteiger partial charge on any atom is 0.425 e. The number of halogens is 3. The van der Waals surface area contributed by atoms with E-state index in [1.807, 2.05) is 0 Å². The van der Waals surface area contributed by atoms with Crippen LogP contribution in [0.3, 0.4) is 0 Å². The van der Waals surface area contributed by atoms with Gasteiger partial charge in [-0.1, -0.05) is 36.4 Å². The molecular weight excluding hydrogens is 373 g/mol. The van der Waals surface area contributed by atoms with E-state index in [-0.39, 0.29) is 16.5 Å². The van der Waals surface area contributed by atoms with Crippen LogP contribution in [0.2, 0.25) is 0 Å². The summed E-state index contributed by atoms with van der Waals surface area (Å²) in [6, 6.07) is 9.79. The Labute approximate surface area is 147 Å². The monoisotopic (exact) mass is 382 g/mol. The molecule has 0 saturated carbocycles. The predicted octanol–water partition coefficient (Wildman–Crippen LogP) is 4.09. The highest BCUT2D eigenvalue weighted by Gasteiger charge is 2.61. The van der Waals surface area contributed by atoms with Crippen LogP contribution in [0.25, 0.3) is 10.7 Å². The average Bonchev–Trinajstić information content (AvgIpc) is 3.23. The number of alkyl halides is 3. The second-order valence-electron chi connectivity index (χ2n) is 5.18. The van der Waals surface area contributed by atoms with Gasteiger partial charge in [-0.05, 0) is 28.8 Å². The fourth-order valence-corrected chi connectivity index (χ4v) is 4.25. The Balaban J connectivity index is 1.85. The topological polar surface area (TPSA) is 59.8 Å². The molecule has 1 N–H and O–H groups in total. The van der Waals surface area contributed by atoms with E-state index in [4.69, 9.17) is 0 Å². The van der Waals surface area contributed by atoms with Gasteiger partial charge in [-0.3, -0.25) is 0 Å². The summed E-state index contributed by atoms with van der Waals surface area (Å²) in [5.74, 6) is 0.221. The molecule has 0 unspecified atom stereocenters. The molecule has 1 amide bonds. The number of benzene rings is 1. The molecule has 0 saturated heterocycles. The van der Waals surface area contributed by atoms with Gasteiger partial charge in [0.25, 0.3) is 0 Å². The normalized spacial score (nSPS) is 20.2. The van der Waals surface area contributed by atoms with Crippen molar-refractivity contribution in [1.29, 1.82) is 0 Å². The van der Waals surface area contributed by atoms with Gasteiger partial charge in [-0.2, -0.15) is 22.8 Å². The number of nitrogens with one attached hydrogen (secondary N) is 1. The van der Waals surface area contributed by atoms with E-state index in [1.54, 1.807) is 23.6 Å². The van der Waals surface area contributed by atoms with E-state index in [0.717, 1.165) is 4.68 Å². The Hall–Kier alpha value is -2.33. The number of amides is 1. The number of nitrogens with zero attached hydrogens (tertiary/aromatic N) is 3. The Morgan fingerprint density at radius 1 is 1.12 bits per heavy atom. The SMILES string of the molecule is O=C1N[C@@](c2ccccc2)(C(F)(F)F)Sc2nc(-c3cccs3)nn21. The molecule has 5 nitrogen and oxygen atoms in total. The van der Waals surface area contributed by atoms with Crippen LogP contribution in [-0.4, -0.2) is 27.0 Å². The minimum Gasteiger partial charge on any atom is -0.309 e. The molecule has 0 fully saturated rings. The molecule has 0 aliphatic carbocycles. The third kappa shape index (κ3) is 2.52. The van der Waals surface area contributed by atoms with Crippen molar-refractivity contribution in [1.82, 2.24) is 20.1 Å². The van der Waals surface area contributed by atoms with Crippen LogP contribution in [0.4, 0.5) is 18.0 Å². The highest BCUT2D eigenvalue weighted by atomic mass is 32.2. The number of carbonyl (C=O) groups is 1. The lowest BCUT2D eigenvalue weighted by molar-refractivity contribution is -0.168. The molecule has 128 valence electrons. The van der Waals surface area contributed by atoms with E-state index in [1.165, 1.54) is 35.6 Å². The summed E-state index contributed by atoms with van der Waals surface area (Å²) in [6.45, 7) is 0. The second-order valence-corrected chi connectivity index (χ2v) is 7.31. The zero-order valence-corrected chi connectivity index (χ0v) is 14.0. The molecule has 1 atom stereocenters. The van der Waals surface area contributed by atoms with Crippen molar-refractivity contribution in [2.24, 2.45) is 0 Å². The molecule has 1 aliphatic rings. The first kappa shape index (κ1) is 16.2. The maximum atomic E-state index is 13.9. The zero-order valence-electron chi connectivity index (χ0n) is 12.3. The van der Waals surface area contributed by atoms with Crippen molar-refractivity contribution in [3.63, 3.8) is 0 Å². The summed E-state index contributed by atoms with van der Waals surface area (Å²) in [5, 5.41) is 7.79. The first-order chi connectivity index (χ1) is 11.9. The minimum atomic E-state index is -4.73. The molecule has 0 bridgehead atoms. The summed E-state index contributed by atoms with van der Waals surface area (Å²) in [6.07, 6.45) is -4.73. The highest BCUT2D eigenvalue weighted by molar-refractivity contribution is 8.00. The Bertz CT molecular complexity index is 924. The molecule has 2 aromatic heterocycles. The molecule has 0 spiro atoms. The maximum absolute atomic E-state index is 13.9. The third-order valence-electron chi connectivity index (χ3n) is 3.62. The number of hydrogen-bond donors (Lipinski definition) is 1. The lowest BCUT2D eigenvalue weighted by atomic mass is 10.1. The number of rotatable bonds is 2. The van der Waals surface area contributed by atoms with Crippen LogP contribution in [0.1, 0.15) is 5.56 Å². The highest BCUT2D eigenvalue weighted by Crippen LogP contribution is 2.51. The number of fused-ring (bicyclic) bond motifs is 1. The first-order valence-corrected chi connectivity index (χ1v) is 8.75. The molecule has 1 aromatic carbocycles. The Morgan fingerprint density at radius 2 is 1.88 bits per heavy atom. The van der Waals surface area contributed by atoms with Crippen molar-refractivity contribution in [2.75, 3.05) is 0 Å². The lowest BCUT2D eigenvalue weighted by Gasteiger charge is -2.37. The van der Waals surface area contributed by atoms with Crippen LogP contribution in [0, 0.1) is 0 Å². The quantitative estimate of drug-likeness (QED) is 0.725. The van der Waals surface area contributed by atoms with Gasteiger partial charge in [0.05, 0.1) is 4.88 Å². The van der Waals surface area contributed by atoms with Crippen molar-refractivity contribution in [3.05, 3.63) is 53.4 Å². The van der Waals surface area contributed by atoms with Gasteiger partial charge in [-0.25, -0.2) is 4.79 Å². The summed E-state index contributed by atoms with van der Waals surface area (Å²) >= 11 is 1.76. The van der Waals surface area contributed by atoms with E-state index < -0.39 is 17.1 Å². The van der Waals surface area contributed by atoms with E-state index >= 15 is 0 Å². The van der Waals surface area contributed by atoms with Gasteiger partial charge in [0.15, 0.2) is 11.0 Å². The number of hydrogen-bond acceptors (Lipinski definition) is 5. The number of thiophene rings is 1. The minimum absolute atomic E-state index is 0.0761. The fraction of sp³-hybridized carbons (Fsp3) is 0.133. The lowest BCUT2D eigenvalue weighted by Crippen LogP contribution is -2.57. The second kappa shape index (κ2) is 5.60. The Morgan fingerprint density at radius 3 is 2.52 bits per heavy atom. The van der Waals surface area contributed by atoms with Gasteiger partial charge in [0.2, 0.25) is 4.87 Å². The van der Waals surface area contributed by atoms with Crippen LogP contribution < -0.4 is 5.32 Å². The van der Waals surface area contributed by atoms with Gasteiger partial charge in [0.1, 0.15) is 0 Å². The van der Waals surface area contributed by atoms with Crippen LogP contribution in [0.15, 0.2) is 53.0 Å². The molecule has 4 rings (SSSR count). The van der Waals surface area contributed by atoms with Crippen LogP contribution in [-0.2, 0) is 4.87 Å². The van der Waals surface area contributed by atoms with Crippen LogP contribution in [0.5, 0.6) is 0 Å². The number of aromatic nitrogens is 3. The standard InChI is InChI=1S/C15H9F3N4OS2/c16-15(17,18)14(9-5-2-1-3-6-9)20-12(23)22-13(25-14)19-11(21-22)10-7-4-8-24-10/h1-8H,(H,20,23)/t14-/m1/s1. The number of carbonyl (C=O) groups excluding carboxylic acids is 1.